The number of fused-ring (bicyclic) bond motifs is 9. The van der Waals surface area contributed by atoms with Gasteiger partial charge in [-0.25, -0.2) is 31.6 Å². The highest BCUT2D eigenvalue weighted by molar-refractivity contribution is 7.91. The summed E-state index contributed by atoms with van der Waals surface area (Å²) in [7, 11) is -3.13. The fraction of sp³-hybridized carbons (Fsp3) is 0.618. The summed E-state index contributed by atoms with van der Waals surface area (Å²) in [5.41, 5.74) is 0.343. The van der Waals surface area contributed by atoms with Gasteiger partial charge in [0.1, 0.15) is 33.4 Å². The lowest BCUT2D eigenvalue weighted by Gasteiger charge is -2.30. The SMILES string of the molecule is C[C@H]1Nc2ncnc3c2cc(C2CCS(=O)(=O)CC2)c(=O)n3CCCCCC2CCC(CC2)CCC(F)(F)c2cccc1c2F. The van der Waals surface area contributed by atoms with Crippen LogP contribution in [0.4, 0.5) is 19.0 Å². The van der Waals surface area contributed by atoms with Gasteiger partial charge in [0, 0.05) is 24.1 Å². The molecule has 2 fully saturated rings. The van der Waals surface area contributed by atoms with Crippen molar-refractivity contribution in [2.45, 2.75) is 108 Å². The molecule has 1 aliphatic carbocycles. The number of aromatic nitrogens is 3. The van der Waals surface area contributed by atoms with Crippen LogP contribution in [-0.2, 0) is 22.3 Å². The van der Waals surface area contributed by atoms with E-state index in [1.165, 1.54) is 24.5 Å². The smallest absolute Gasteiger partial charge is 0.276 e. The molecule has 0 spiro atoms. The maximum absolute atomic E-state index is 15.8. The number of halogens is 3. The zero-order chi connectivity index (χ0) is 31.8. The zero-order valence-electron chi connectivity index (χ0n) is 25.9. The summed E-state index contributed by atoms with van der Waals surface area (Å²) >= 11 is 0. The van der Waals surface area contributed by atoms with Crippen molar-refractivity contribution >= 4 is 26.7 Å². The molecule has 244 valence electrons. The number of hydrogen-bond donors (Lipinski definition) is 1. The van der Waals surface area contributed by atoms with E-state index in [-0.39, 0.29) is 40.9 Å². The van der Waals surface area contributed by atoms with E-state index in [2.05, 4.69) is 15.3 Å². The molecule has 0 unspecified atom stereocenters. The first-order chi connectivity index (χ1) is 21.5. The Labute approximate surface area is 263 Å². The molecule has 4 aliphatic rings. The molecule has 11 heteroatoms. The second-order valence-corrected chi connectivity index (χ2v) is 15.8. The standard InChI is InChI=1S/C34H43F3N4O3S/c1-22-26-7-5-8-29(30(26)35)34(36,37)16-13-24-11-9-23(10-12-24)6-3-2-4-17-41-32-28(31(40-22)38-21-39-32)20-27(33(41)42)25-14-18-45(43,44)19-15-25/h5,7-8,20-25H,2-4,6,9-19H2,1H3,(H,38,39,40)/t22-,23?,24?/m1/s1. The summed E-state index contributed by atoms with van der Waals surface area (Å²) in [4.78, 5) is 22.9. The highest BCUT2D eigenvalue weighted by atomic mass is 32.2. The van der Waals surface area contributed by atoms with Crippen molar-refractivity contribution in [1.29, 1.82) is 0 Å². The van der Waals surface area contributed by atoms with Crippen molar-refractivity contribution in [2.75, 3.05) is 16.8 Å². The lowest BCUT2D eigenvalue weighted by Crippen LogP contribution is -2.30. The van der Waals surface area contributed by atoms with Gasteiger partial charge in [-0.1, -0.05) is 63.1 Å². The van der Waals surface area contributed by atoms with Crippen LogP contribution in [0.2, 0.25) is 0 Å². The summed E-state index contributed by atoms with van der Waals surface area (Å²) in [5, 5.41) is 3.79. The Morgan fingerprint density at radius 2 is 1.62 bits per heavy atom. The highest BCUT2D eigenvalue weighted by Crippen LogP contribution is 2.41. The molecule has 7 nitrogen and oxygen atoms in total. The number of nitrogens with zero attached hydrogens (tertiary/aromatic N) is 3. The lowest BCUT2D eigenvalue weighted by atomic mass is 9.77. The Morgan fingerprint density at radius 1 is 0.911 bits per heavy atom. The fourth-order valence-electron chi connectivity index (χ4n) is 7.68. The van der Waals surface area contributed by atoms with Gasteiger partial charge in [-0.3, -0.25) is 9.36 Å². The van der Waals surface area contributed by atoms with E-state index < -0.39 is 33.2 Å². The topological polar surface area (TPSA) is 94.0 Å². The molecule has 1 saturated heterocycles. The number of rotatable bonds is 1. The average molecular weight is 645 g/mol. The van der Waals surface area contributed by atoms with E-state index in [0.717, 1.165) is 51.4 Å². The Bertz CT molecular complexity index is 1690. The van der Waals surface area contributed by atoms with Gasteiger partial charge in [0.05, 0.1) is 28.5 Å². The van der Waals surface area contributed by atoms with Gasteiger partial charge in [0.15, 0.2) is 0 Å². The van der Waals surface area contributed by atoms with Crippen molar-refractivity contribution in [3.05, 3.63) is 63.5 Å². The summed E-state index contributed by atoms with van der Waals surface area (Å²) in [6.45, 7) is 2.17. The number of sulfone groups is 1. The van der Waals surface area contributed by atoms with E-state index in [4.69, 9.17) is 0 Å². The van der Waals surface area contributed by atoms with Gasteiger partial charge in [0.2, 0.25) is 0 Å². The molecule has 1 aromatic carbocycles. The molecule has 45 heavy (non-hydrogen) atoms. The summed E-state index contributed by atoms with van der Waals surface area (Å²) in [6, 6.07) is 5.21. The van der Waals surface area contributed by atoms with Crippen molar-refractivity contribution in [2.24, 2.45) is 11.8 Å². The van der Waals surface area contributed by atoms with Crippen LogP contribution in [0.15, 0.2) is 35.4 Å². The Morgan fingerprint density at radius 3 is 2.36 bits per heavy atom. The molecule has 8 bridgehead atoms. The van der Waals surface area contributed by atoms with E-state index in [9.17, 15) is 13.2 Å². The second-order valence-electron chi connectivity index (χ2n) is 13.5. The first kappa shape index (κ1) is 32.0. The lowest BCUT2D eigenvalue weighted by molar-refractivity contribution is -0.0244. The van der Waals surface area contributed by atoms with Crippen molar-refractivity contribution in [3.8, 4) is 0 Å². The molecule has 3 aromatic rings. The van der Waals surface area contributed by atoms with Crippen molar-refractivity contribution in [3.63, 3.8) is 0 Å². The Balaban J connectivity index is 1.41. The molecular weight excluding hydrogens is 601 g/mol. The van der Waals surface area contributed by atoms with Crippen LogP contribution in [0, 0.1) is 17.7 Å². The minimum atomic E-state index is -3.28. The maximum Gasteiger partial charge on any atom is 0.276 e. The van der Waals surface area contributed by atoms with Gasteiger partial charge < -0.3 is 5.32 Å². The molecular formula is C34H43F3N4O3S. The minimum Gasteiger partial charge on any atom is -0.363 e. The molecule has 1 N–H and O–H groups in total. The third-order valence-electron chi connectivity index (χ3n) is 10.5. The van der Waals surface area contributed by atoms with Crippen molar-refractivity contribution < 1.29 is 21.6 Å². The monoisotopic (exact) mass is 644 g/mol. The summed E-state index contributed by atoms with van der Waals surface area (Å²) in [6.07, 6.45) is 9.90. The molecule has 3 aliphatic heterocycles. The largest absolute Gasteiger partial charge is 0.363 e. The minimum absolute atomic E-state index is 0.0325. The number of benzene rings is 1. The number of nitrogens with one attached hydrogen (secondary N) is 1. The van der Waals surface area contributed by atoms with E-state index in [1.54, 1.807) is 17.6 Å². The third-order valence-corrected chi connectivity index (χ3v) is 12.2. The molecule has 7 rings (SSSR count). The van der Waals surface area contributed by atoms with Crippen LogP contribution in [0.1, 0.15) is 113 Å². The third kappa shape index (κ3) is 6.93. The van der Waals surface area contributed by atoms with Crippen LogP contribution in [0.25, 0.3) is 11.0 Å². The first-order valence-corrected chi connectivity index (χ1v) is 18.4. The summed E-state index contributed by atoms with van der Waals surface area (Å²) < 4.78 is 72.9. The predicted molar refractivity (Wildman–Crippen MR) is 170 cm³/mol. The fourth-order valence-corrected chi connectivity index (χ4v) is 9.17. The van der Waals surface area contributed by atoms with Crippen LogP contribution in [0.5, 0.6) is 0 Å². The van der Waals surface area contributed by atoms with Crippen LogP contribution in [-0.4, -0.2) is 34.5 Å². The van der Waals surface area contributed by atoms with Crippen LogP contribution >= 0.6 is 0 Å². The van der Waals surface area contributed by atoms with Gasteiger partial charge in [0.25, 0.3) is 11.5 Å². The maximum atomic E-state index is 15.8. The highest BCUT2D eigenvalue weighted by Gasteiger charge is 2.37. The Kier molecular flexibility index (Phi) is 9.28. The first-order valence-electron chi connectivity index (χ1n) is 16.5. The van der Waals surface area contributed by atoms with Crippen LogP contribution in [0.3, 0.4) is 0 Å². The van der Waals surface area contributed by atoms with E-state index in [1.807, 2.05) is 0 Å². The number of pyridine rings is 1. The number of alkyl halides is 2. The molecule has 1 saturated carbocycles. The summed E-state index contributed by atoms with van der Waals surface area (Å²) in [5.74, 6) is -3.17. The van der Waals surface area contributed by atoms with Gasteiger partial charge in [-0.05, 0) is 56.4 Å². The quantitative estimate of drug-likeness (QED) is 0.293. The molecule has 0 amide bonds. The molecule has 1 atom stereocenters. The van der Waals surface area contributed by atoms with Gasteiger partial charge in [-0.2, -0.15) is 0 Å². The van der Waals surface area contributed by atoms with Gasteiger partial charge >= 0.3 is 0 Å². The normalized spacial score (nSPS) is 26.3. The number of hydrogen-bond acceptors (Lipinski definition) is 6. The molecule has 5 heterocycles. The van der Waals surface area contributed by atoms with E-state index >= 15 is 13.2 Å². The number of anilines is 1. The van der Waals surface area contributed by atoms with E-state index in [0.29, 0.717) is 54.1 Å². The second kappa shape index (κ2) is 13.0. The Hall–Kier alpha value is -2.95. The van der Waals surface area contributed by atoms with Gasteiger partial charge in [-0.15, -0.1) is 0 Å². The zero-order valence-corrected chi connectivity index (χ0v) is 26.7. The molecule has 0 radical (unpaired) electrons. The number of aryl methyl sites for hydroxylation is 1. The average Bonchev–Trinajstić information content (AvgIpc) is 3.01. The van der Waals surface area contributed by atoms with Crippen molar-refractivity contribution in [1.82, 2.24) is 14.5 Å². The van der Waals surface area contributed by atoms with Crippen LogP contribution < -0.4 is 10.9 Å². The molecule has 2 aromatic heterocycles. The predicted octanol–water partition coefficient (Wildman–Crippen LogP) is 7.65.